The summed E-state index contributed by atoms with van der Waals surface area (Å²) >= 11 is 0. The highest BCUT2D eigenvalue weighted by molar-refractivity contribution is 6.12. The zero-order valence-electron chi connectivity index (χ0n) is 21.3. The summed E-state index contributed by atoms with van der Waals surface area (Å²) in [5, 5.41) is 5.97. The highest BCUT2D eigenvalue weighted by Crippen LogP contribution is 2.56. The molecule has 184 valence electrons. The van der Waals surface area contributed by atoms with Gasteiger partial charge in [0, 0.05) is 11.1 Å². The van der Waals surface area contributed by atoms with Gasteiger partial charge in [-0.25, -0.2) is 0 Å². The lowest BCUT2D eigenvalue weighted by molar-refractivity contribution is 0.669. The van der Waals surface area contributed by atoms with E-state index in [0.29, 0.717) is 0 Å². The van der Waals surface area contributed by atoms with Crippen molar-refractivity contribution in [1.82, 2.24) is 0 Å². The lowest BCUT2D eigenvalue weighted by Crippen LogP contribution is -2.28. The van der Waals surface area contributed by atoms with Crippen molar-refractivity contribution in [1.29, 1.82) is 0 Å². The van der Waals surface area contributed by atoms with Crippen molar-refractivity contribution in [2.45, 2.75) is 5.41 Å². The number of hydrogen-bond donors (Lipinski definition) is 1. The Hall–Kier alpha value is -5.08. The molecule has 0 saturated carbocycles. The summed E-state index contributed by atoms with van der Waals surface area (Å²) in [4.78, 5) is 0. The van der Waals surface area contributed by atoms with E-state index < -0.39 is 5.41 Å². The number of benzene rings is 6. The van der Waals surface area contributed by atoms with Crippen molar-refractivity contribution >= 4 is 33.3 Å². The number of furan rings is 1. The molecule has 1 aliphatic rings. The molecule has 0 spiro atoms. The molecule has 1 heterocycles. The molecular formula is C37H25NO. The van der Waals surface area contributed by atoms with Crippen LogP contribution in [0.15, 0.2) is 150 Å². The molecule has 0 amide bonds. The second kappa shape index (κ2) is 8.47. The topological polar surface area (TPSA) is 25.2 Å². The zero-order valence-corrected chi connectivity index (χ0v) is 21.3. The first-order valence-electron chi connectivity index (χ1n) is 13.4. The maximum atomic E-state index is 6.15. The minimum Gasteiger partial charge on any atom is -0.456 e. The van der Waals surface area contributed by atoms with Gasteiger partial charge in [0.25, 0.3) is 0 Å². The Balaban J connectivity index is 1.35. The van der Waals surface area contributed by atoms with Crippen LogP contribution in [0.3, 0.4) is 0 Å². The number of para-hydroxylation sites is 1. The highest BCUT2D eigenvalue weighted by Gasteiger charge is 2.45. The summed E-state index contributed by atoms with van der Waals surface area (Å²) < 4.78 is 6.15. The molecule has 0 aliphatic heterocycles. The largest absolute Gasteiger partial charge is 0.456 e. The number of fused-ring (bicyclic) bond motifs is 6. The second-order valence-electron chi connectivity index (χ2n) is 10.2. The van der Waals surface area contributed by atoms with Gasteiger partial charge in [0.05, 0.1) is 16.5 Å². The van der Waals surface area contributed by atoms with E-state index in [1.807, 2.05) is 24.3 Å². The minimum atomic E-state index is -0.416. The normalized spacial score (nSPS) is 13.3. The molecule has 39 heavy (non-hydrogen) atoms. The fraction of sp³-hybridized carbons (Fsp3) is 0.0270. The first-order valence-corrected chi connectivity index (χ1v) is 13.4. The maximum Gasteiger partial charge on any atom is 0.137 e. The van der Waals surface area contributed by atoms with Crippen molar-refractivity contribution in [2.24, 2.45) is 0 Å². The van der Waals surface area contributed by atoms with E-state index in [-0.39, 0.29) is 0 Å². The van der Waals surface area contributed by atoms with Crippen LogP contribution in [0.1, 0.15) is 22.3 Å². The van der Waals surface area contributed by atoms with Crippen molar-refractivity contribution in [2.75, 3.05) is 5.32 Å². The van der Waals surface area contributed by atoms with Crippen LogP contribution in [0.4, 0.5) is 11.4 Å². The van der Waals surface area contributed by atoms with Gasteiger partial charge in [-0.3, -0.25) is 0 Å². The van der Waals surface area contributed by atoms with Gasteiger partial charge in [-0.1, -0.05) is 115 Å². The van der Waals surface area contributed by atoms with Gasteiger partial charge in [-0.05, 0) is 63.7 Å². The molecule has 0 saturated heterocycles. The monoisotopic (exact) mass is 499 g/mol. The van der Waals surface area contributed by atoms with Crippen molar-refractivity contribution in [3.05, 3.63) is 168 Å². The molecule has 1 aromatic heterocycles. The van der Waals surface area contributed by atoms with Gasteiger partial charge in [-0.2, -0.15) is 0 Å². The summed E-state index contributed by atoms with van der Waals surface area (Å²) in [6.07, 6.45) is 0. The Morgan fingerprint density at radius 3 is 1.90 bits per heavy atom. The Bertz CT molecular complexity index is 1950. The molecule has 2 heteroatoms. The predicted octanol–water partition coefficient (Wildman–Crippen LogP) is 9.69. The van der Waals surface area contributed by atoms with E-state index in [1.54, 1.807) is 0 Å². The van der Waals surface area contributed by atoms with Crippen LogP contribution in [-0.2, 0) is 5.41 Å². The molecule has 6 aromatic carbocycles. The van der Waals surface area contributed by atoms with E-state index in [2.05, 4.69) is 127 Å². The summed E-state index contributed by atoms with van der Waals surface area (Å²) in [6, 6.07) is 52.0. The lowest BCUT2D eigenvalue weighted by Gasteiger charge is -2.34. The molecule has 7 aromatic rings. The Kier molecular flexibility index (Phi) is 4.77. The smallest absolute Gasteiger partial charge is 0.137 e. The number of nitrogens with one attached hydrogen (secondary N) is 1. The molecule has 1 aliphatic carbocycles. The Morgan fingerprint density at radius 1 is 0.487 bits per heavy atom. The summed E-state index contributed by atoms with van der Waals surface area (Å²) in [7, 11) is 0. The summed E-state index contributed by atoms with van der Waals surface area (Å²) in [5.74, 6) is 0. The van der Waals surface area contributed by atoms with Gasteiger partial charge in [0.1, 0.15) is 11.2 Å². The Labute approximate surface area is 227 Å². The number of anilines is 2. The molecule has 0 atom stereocenters. The third-order valence-corrected chi connectivity index (χ3v) is 8.14. The SMILES string of the molecule is c1ccc(C2(c3cccc(Nc4cccc5oc6ccccc6c45)c3)c3ccccc3-c3ccccc32)cc1. The molecule has 8 rings (SSSR count). The van der Waals surface area contributed by atoms with Crippen LogP contribution in [0.25, 0.3) is 33.1 Å². The Morgan fingerprint density at radius 2 is 1.10 bits per heavy atom. The molecule has 0 unspecified atom stereocenters. The van der Waals surface area contributed by atoms with Crippen LogP contribution in [0, 0.1) is 0 Å². The van der Waals surface area contributed by atoms with Crippen molar-refractivity contribution < 1.29 is 4.42 Å². The fourth-order valence-electron chi connectivity index (χ4n) is 6.58. The molecule has 0 radical (unpaired) electrons. The van der Waals surface area contributed by atoms with E-state index >= 15 is 0 Å². The van der Waals surface area contributed by atoms with Crippen LogP contribution in [0.5, 0.6) is 0 Å². The molecular weight excluding hydrogens is 474 g/mol. The van der Waals surface area contributed by atoms with Gasteiger partial charge in [0.15, 0.2) is 0 Å². The predicted molar refractivity (Wildman–Crippen MR) is 161 cm³/mol. The first-order chi connectivity index (χ1) is 19.3. The number of rotatable bonds is 4. The minimum absolute atomic E-state index is 0.416. The average molecular weight is 500 g/mol. The van der Waals surface area contributed by atoms with Gasteiger partial charge < -0.3 is 9.73 Å². The molecule has 1 N–H and O–H groups in total. The quantitative estimate of drug-likeness (QED) is 0.261. The van der Waals surface area contributed by atoms with Gasteiger partial charge in [-0.15, -0.1) is 0 Å². The van der Waals surface area contributed by atoms with Gasteiger partial charge >= 0.3 is 0 Å². The standard InChI is InChI=1S/C37H25NO/c1-2-12-25(13-3-1)37(31-19-7-4-16-28(31)29-17-5-8-20-32(29)37)26-14-10-15-27(24-26)38-33-21-11-23-35-36(33)30-18-6-9-22-34(30)39-35/h1-24,38H. The molecule has 0 fully saturated rings. The summed E-state index contributed by atoms with van der Waals surface area (Å²) in [6.45, 7) is 0. The summed E-state index contributed by atoms with van der Waals surface area (Å²) in [5.41, 5.74) is 11.2. The zero-order chi connectivity index (χ0) is 25.8. The maximum absolute atomic E-state index is 6.15. The highest BCUT2D eigenvalue weighted by atomic mass is 16.3. The number of hydrogen-bond acceptors (Lipinski definition) is 2. The molecule has 2 nitrogen and oxygen atoms in total. The van der Waals surface area contributed by atoms with Crippen molar-refractivity contribution in [3.63, 3.8) is 0 Å². The van der Waals surface area contributed by atoms with Crippen molar-refractivity contribution in [3.8, 4) is 11.1 Å². The van der Waals surface area contributed by atoms with Crippen LogP contribution in [-0.4, -0.2) is 0 Å². The fourth-order valence-corrected chi connectivity index (χ4v) is 6.58. The van der Waals surface area contributed by atoms with E-state index in [9.17, 15) is 0 Å². The third-order valence-electron chi connectivity index (χ3n) is 8.14. The second-order valence-corrected chi connectivity index (χ2v) is 10.2. The third kappa shape index (κ3) is 3.15. The molecule has 0 bridgehead atoms. The van der Waals surface area contributed by atoms with Gasteiger partial charge in [0.2, 0.25) is 0 Å². The van der Waals surface area contributed by atoms with E-state index in [1.165, 1.54) is 33.4 Å². The van der Waals surface area contributed by atoms with Crippen LogP contribution < -0.4 is 5.32 Å². The van der Waals surface area contributed by atoms with E-state index in [0.717, 1.165) is 33.3 Å². The van der Waals surface area contributed by atoms with Crippen LogP contribution in [0.2, 0.25) is 0 Å². The average Bonchev–Trinajstić information content (AvgIpc) is 3.53. The van der Waals surface area contributed by atoms with Crippen LogP contribution >= 0.6 is 0 Å². The first kappa shape index (κ1) is 22.0. The van der Waals surface area contributed by atoms with E-state index in [4.69, 9.17) is 4.42 Å². The lowest BCUT2D eigenvalue weighted by atomic mass is 9.67.